The molecular formula is C17H24N4O. The highest BCUT2D eigenvalue weighted by Crippen LogP contribution is 2.13. The van der Waals surface area contributed by atoms with Crippen LogP contribution < -0.4 is 5.32 Å². The molecule has 22 heavy (non-hydrogen) atoms. The normalized spacial score (nSPS) is 25.8. The number of nitrogens with one attached hydrogen (secondary N) is 1. The molecule has 0 saturated carbocycles. The molecule has 0 bridgehead atoms. The molecule has 1 heterocycles. The second kappa shape index (κ2) is 8.87. The summed E-state index contributed by atoms with van der Waals surface area (Å²) in [4.78, 5) is 16.4. The third kappa shape index (κ3) is 5.99. The molecule has 118 valence electrons. The molecule has 0 aromatic carbocycles. The van der Waals surface area contributed by atoms with Gasteiger partial charge >= 0.3 is 0 Å². The van der Waals surface area contributed by atoms with Crippen molar-refractivity contribution in [2.75, 3.05) is 6.54 Å². The van der Waals surface area contributed by atoms with E-state index in [1.54, 1.807) is 0 Å². The van der Waals surface area contributed by atoms with Crippen molar-refractivity contribution in [3.8, 4) is 0 Å². The van der Waals surface area contributed by atoms with E-state index in [-0.39, 0.29) is 18.2 Å². The molecule has 1 amide bonds. The van der Waals surface area contributed by atoms with Crippen LogP contribution in [0, 0.1) is 5.92 Å². The van der Waals surface area contributed by atoms with Gasteiger partial charge < -0.3 is 5.32 Å². The summed E-state index contributed by atoms with van der Waals surface area (Å²) in [7, 11) is 0. The average molecular weight is 300 g/mol. The standard InChI is InChI=1S/C17H24N4O/c1-6-14-8-9-15(21-20-12(3)4)16(19-13(5)10-14)11-17(22)18-7-2/h6,8-10,14H,1,7,11H2,2-5H3,(H,18,22)/b9-8+,13-10-,19-16+,21-15-. The van der Waals surface area contributed by atoms with E-state index >= 15 is 0 Å². The van der Waals surface area contributed by atoms with Gasteiger partial charge in [-0.1, -0.05) is 18.2 Å². The quantitative estimate of drug-likeness (QED) is 0.473. The third-order valence-electron chi connectivity index (χ3n) is 2.85. The van der Waals surface area contributed by atoms with Gasteiger partial charge in [-0.25, -0.2) is 0 Å². The molecule has 1 N–H and O–H groups in total. The molecule has 0 aromatic rings. The first-order valence-corrected chi connectivity index (χ1v) is 7.39. The fourth-order valence-corrected chi connectivity index (χ4v) is 1.87. The first-order valence-electron chi connectivity index (χ1n) is 7.39. The fourth-order valence-electron chi connectivity index (χ4n) is 1.87. The molecule has 1 aliphatic rings. The number of carbonyl (C=O) groups excluding carboxylic acids is 1. The number of amides is 1. The van der Waals surface area contributed by atoms with Gasteiger partial charge in [-0.3, -0.25) is 9.79 Å². The van der Waals surface area contributed by atoms with E-state index < -0.39 is 0 Å². The molecule has 0 aliphatic carbocycles. The van der Waals surface area contributed by atoms with E-state index in [9.17, 15) is 4.79 Å². The Morgan fingerprint density at radius 2 is 2.23 bits per heavy atom. The predicted octanol–water partition coefficient (Wildman–Crippen LogP) is 3.07. The largest absolute Gasteiger partial charge is 0.356 e. The van der Waals surface area contributed by atoms with Crippen LogP contribution in [-0.4, -0.2) is 29.6 Å². The van der Waals surface area contributed by atoms with Crippen LogP contribution >= 0.6 is 0 Å². The third-order valence-corrected chi connectivity index (χ3v) is 2.85. The second-order valence-corrected chi connectivity index (χ2v) is 5.20. The maximum atomic E-state index is 11.9. The van der Waals surface area contributed by atoms with Crippen molar-refractivity contribution < 1.29 is 4.79 Å². The van der Waals surface area contributed by atoms with E-state index in [2.05, 4.69) is 27.1 Å². The van der Waals surface area contributed by atoms with E-state index in [1.807, 2.05) is 52.0 Å². The Morgan fingerprint density at radius 1 is 1.50 bits per heavy atom. The van der Waals surface area contributed by atoms with Gasteiger partial charge in [-0.15, -0.1) is 11.7 Å². The lowest BCUT2D eigenvalue weighted by atomic mass is 10.0. The summed E-state index contributed by atoms with van der Waals surface area (Å²) >= 11 is 0. The fraction of sp³-hybridized carbons (Fsp3) is 0.412. The van der Waals surface area contributed by atoms with Gasteiger partial charge in [0.25, 0.3) is 0 Å². The van der Waals surface area contributed by atoms with Gasteiger partial charge in [0.2, 0.25) is 5.91 Å². The smallest absolute Gasteiger partial charge is 0.226 e. The lowest BCUT2D eigenvalue weighted by Gasteiger charge is -2.11. The van der Waals surface area contributed by atoms with Crippen LogP contribution in [0.5, 0.6) is 0 Å². The summed E-state index contributed by atoms with van der Waals surface area (Å²) in [6, 6.07) is 0. The summed E-state index contributed by atoms with van der Waals surface area (Å²) in [6.45, 7) is 11.9. The van der Waals surface area contributed by atoms with E-state index in [1.165, 1.54) is 0 Å². The van der Waals surface area contributed by atoms with E-state index in [0.717, 1.165) is 11.4 Å². The van der Waals surface area contributed by atoms with E-state index in [0.29, 0.717) is 18.0 Å². The van der Waals surface area contributed by atoms with Crippen LogP contribution in [0.3, 0.4) is 0 Å². The van der Waals surface area contributed by atoms with Crippen LogP contribution in [0.4, 0.5) is 0 Å². The summed E-state index contributed by atoms with van der Waals surface area (Å²) in [5.41, 5.74) is 2.89. The second-order valence-electron chi connectivity index (χ2n) is 5.20. The lowest BCUT2D eigenvalue weighted by Crippen LogP contribution is -2.28. The molecule has 0 aromatic heterocycles. The van der Waals surface area contributed by atoms with Crippen LogP contribution in [0.25, 0.3) is 0 Å². The molecular weight excluding hydrogens is 276 g/mol. The van der Waals surface area contributed by atoms with Gasteiger partial charge in [0.05, 0.1) is 12.1 Å². The van der Waals surface area contributed by atoms with Gasteiger partial charge in [-0.2, -0.15) is 5.10 Å². The minimum absolute atomic E-state index is 0.0757. The minimum Gasteiger partial charge on any atom is -0.356 e. The first-order chi connectivity index (χ1) is 10.5. The molecule has 0 saturated heterocycles. The predicted molar refractivity (Wildman–Crippen MR) is 93.5 cm³/mol. The van der Waals surface area contributed by atoms with Gasteiger partial charge in [0, 0.05) is 23.9 Å². The van der Waals surface area contributed by atoms with Gasteiger partial charge in [0.1, 0.15) is 5.71 Å². The number of rotatable bonds is 5. The highest BCUT2D eigenvalue weighted by Gasteiger charge is 2.14. The molecule has 0 fully saturated rings. The van der Waals surface area contributed by atoms with Crippen molar-refractivity contribution in [2.45, 2.75) is 34.1 Å². The minimum atomic E-state index is -0.0757. The van der Waals surface area contributed by atoms with Crippen molar-refractivity contribution in [2.24, 2.45) is 21.1 Å². The van der Waals surface area contributed by atoms with Crippen molar-refractivity contribution in [3.63, 3.8) is 0 Å². The monoisotopic (exact) mass is 300 g/mol. The average Bonchev–Trinajstić information content (AvgIpc) is 2.43. The number of hydrogen-bond donors (Lipinski definition) is 1. The number of aliphatic imine (C=N–C) groups is 1. The van der Waals surface area contributed by atoms with Crippen molar-refractivity contribution in [1.82, 2.24) is 5.32 Å². The Kier molecular flexibility index (Phi) is 7.16. The Labute approximate surface area is 132 Å². The number of allylic oxidation sites excluding steroid dienone is 5. The Morgan fingerprint density at radius 3 is 2.82 bits per heavy atom. The molecule has 0 spiro atoms. The van der Waals surface area contributed by atoms with Crippen LogP contribution in [0.1, 0.15) is 34.1 Å². The van der Waals surface area contributed by atoms with Crippen LogP contribution in [0.15, 0.2) is 51.8 Å². The Balaban J connectivity index is 3.23. The zero-order valence-electron chi connectivity index (χ0n) is 13.8. The molecule has 5 nitrogen and oxygen atoms in total. The van der Waals surface area contributed by atoms with Gasteiger partial charge in [-0.05, 0) is 33.8 Å². The summed E-state index contributed by atoms with van der Waals surface area (Å²) in [5.74, 6) is 0.0138. The maximum Gasteiger partial charge on any atom is 0.226 e. The molecule has 1 rings (SSSR count). The number of carbonyl (C=O) groups is 1. The summed E-state index contributed by atoms with van der Waals surface area (Å²) < 4.78 is 0. The SMILES string of the molecule is C=CC1\C=C(C)/N=C(CC(=O)NCC)/C(=N\N=C(C)C)/C=C/1. The Bertz CT molecular complexity index is 575. The van der Waals surface area contributed by atoms with Gasteiger partial charge in [0.15, 0.2) is 0 Å². The Hall–Kier alpha value is -2.30. The van der Waals surface area contributed by atoms with Crippen molar-refractivity contribution >= 4 is 23.0 Å². The molecule has 1 atom stereocenters. The van der Waals surface area contributed by atoms with Crippen LogP contribution in [-0.2, 0) is 4.79 Å². The van der Waals surface area contributed by atoms with E-state index in [4.69, 9.17) is 0 Å². The number of hydrogen-bond acceptors (Lipinski definition) is 4. The van der Waals surface area contributed by atoms with Crippen molar-refractivity contribution in [3.05, 3.63) is 36.6 Å². The molecule has 1 aliphatic heterocycles. The zero-order valence-corrected chi connectivity index (χ0v) is 13.8. The summed E-state index contributed by atoms with van der Waals surface area (Å²) in [6.07, 6.45) is 7.82. The van der Waals surface area contributed by atoms with Crippen molar-refractivity contribution in [1.29, 1.82) is 0 Å². The zero-order chi connectivity index (χ0) is 16.5. The molecule has 0 radical (unpaired) electrons. The number of nitrogens with zero attached hydrogens (tertiary/aromatic N) is 3. The topological polar surface area (TPSA) is 66.2 Å². The maximum absolute atomic E-state index is 11.9. The highest BCUT2D eigenvalue weighted by atomic mass is 16.1. The van der Waals surface area contributed by atoms with Crippen LogP contribution in [0.2, 0.25) is 0 Å². The first kappa shape index (κ1) is 17.8. The summed E-state index contributed by atoms with van der Waals surface area (Å²) in [5, 5.41) is 11.1. The molecule has 5 heteroatoms. The lowest BCUT2D eigenvalue weighted by molar-refractivity contribution is -0.119. The highest BCUT2D eigenvalue weighted by molar-refractivity contribution is 6.49. The molecule has 1 unspecified atom stereocenters.